The first-order chi connectivity index (χ1) is 17.1. The van der Waals surface area contributed by atoms with E-state index in [0.717, 1.165) is 27.6 Å². The number of carbonyl (C=O) groups excluding carboxylic acids is 2. The zero-order valence-electron chi connectivity index (χ0n) is 19.4. The van der Waals surface area contributed by atoms with Crippen LogP contribution in [0.15, 0.2) is 78.5 Å². The molecule has 0 aliphatic heterocycles. The number of aromatic nitrogens is 1. The molecule has 0 fully saturated rings. The molecule has 0 N–H and O–H groups in total. The number of hydrogen-bond acceptors (Lipinski definition) is 6. The summed E-state index contributed by atoms with van der Waals surface area (Å²) in [6.45, 7) is 0. The molecule has 5 rings (SSSR count). The van der Waals surface area contributed by atoms with E-state index in [1.54, 1.807) is 38.6 Å². The molecule has 0 unspecified atom stereocenters. The predicted octanol–water partition coefficient (Wildman–Crippen LogP) is 5.36. The zero-order chi connectivity index (χ0) is 24.4. The molecular formula is C29H23NO5. The Kier molecular flexibility index (Phi) is 6.02. The normalized spacial score (nSPS) is 12.6. The number of pyridine rings is 1. The van der Waals surface area contributed by atoms with Crippen molar-refractivity contribution in [2.75, 3.05) is 14.2 Å². The van der Waals surface area contributed by atoms with Gasteiger partial charge in [-0.1, -0.05) is 36.4 Å². The Hall–Kier alpha value is -4.45. The van der Waals surface area contributed by atoms with Crippen LogP contribution in [0.2, 0.25) is 0 Å². The van der Waals surface area contributed by atoms with E-state index < -0.39 is 0 Å². The van der Waals surface area contributed by atoms with Crippen LogP contribution < -0.4 is 14.2 Å². The molecule has 1 heterocycles. The summed E-state index contributed by atoms with van der Waals surface area (Å²) in [5, 5.41) is 0.785. The smallest absolute Gasteiger partial charge is 0.170 e. The van der Waals surface area contributed by atoms with E-state index in [-0.39, 0.29) is 30.0 Å². The molecule has 0 radical (unpaired) electrons. The van der Waals surface area contributed by atoms with Crippen LogP contribution in [0.25, 0.3) is 17.0 Å². The van der Waals surface area contributed by atoms with Crippen LogP contribution in [0, 0.1) is 0 Å². The minimum absolute atomic E-state index is 0.134. The highest BCUT2D eigenvalue weighted by Gasteiger charge is 2.23. The van der Waals surface area contributed by atoms with E-state index in [2.05, 4.69) is 4.98 Å². The summed E-state index contributed by atoms with van der Waals surface area (Å²) in [4.78, 5) is 29.8. The van der Waals surface area contributed by atoms with E-state index in [1.807, 2.05) is 54.6 Å². The molecule has 174 valence electrons. The Morgan fingerprint density at radius 1 is 0.914 bits per heavy atom. The van der Waals surface area contributed by atoms with Gasteiger partial charge in [-0.2, -0.15) is 0 Å². The molecule has 0 saturated heterocycles. The third-order valence-corrected chi connectivity index (χ3v) is 6.03. The molecule has 6 nitrogen and oxygen atoms in total. The predicted molar refractivity (Wildman–Crippen MR) is 133 cm³/mol. The van der Waals surface area contributed by atoms with Gasteiger partial charge < -0.3 is 14.2 Å². The second-order valence-corrected chi connectivity index (χ2v) is 8.24. The van der Waals surface area contributed by atoms with Gasteiger partial charge in [0.25, 0.3) is 0 Å². The van der Waals surface area contributed by atoms with Crippen LogP contribution in [0.4, 0.5) is 0 Å². The largest absolute Gasteiger partial charge is 0.493 e. The van der Waals surface area contributed by atoms with Crippen LogP contribution >= 0.6 is 0 Å². The summed E-state index contributed by atoms with van der Waals surface area (Å²) >= 11 is 0. The van der Waals surface area contributed by atoms with Crippen molar-refractivity contribution < 1.29 is 23.8 Å². The highest BCUT2D eigenvalue weighted by Crippen LogP contribution is 2.37. The van der Waals surface area contributed by atoms with Gasteiger partial charge in [-0.25, -0.2) is 0 Å². The second-order valence-electron chi connectivity index (χ2n) is 8.24. The van der Waals surface area contributed by atoms with E-state index in [9.17, 15) is 9.59 Å². The average molecular weight is 466 g/mol. The van der Waals surface area contributed by atoms with E-state index in [0.29, 0.717) is 23.0 Å². The minimum Gasteiger partial charge on any atom is -0.493 e. The molecule has 4 aromatic rings. The number of rotatable bonds is 7. The molecule has 3 aromatic carbocycles. The summed E-state index contributed by atoms with van der Waals surface area (Å²) in [6, 6.07) is 20.4. The number of methoxy groups -OCH3 is 2. The van der Waals surface area contributed by atoms with Gasteiger partial charge in [0.05, 0.1) is 25.3 Å². The Labute approximate surface area is 202 Å². The average Bonchev–Trinajstić information content (AvgIpc) is 2.88. The maximum atomic E-state index is 12.9. The number of allylic oxidation sites excluding steroid dienone is 1. The van der Waals surface area contributed by atoms with Crippen molar-refractivity contribution >= 4 is 28.5 Å². The number of ether oxygens (including phenoxy) is 3. The van der Waals surface area contributed by atoms with Gasteiger partial charge >= 0.3 is 0 Å². The number of fused-ring (bicyclic) bond motifs is 2. The molecule has 0 amide bonds. The van der Waals surface area contributed by atoms with E-state index in [4.69, 9.17) is 14.2 Å². The van der Waals surface area contributed by atoms with Gasteiger partial charge in [0.1, 0.15) is 11.5 Å². The molecule has 0 bridgehead atoms. The lowest BCUT2D eigenvalue weighted by Crippen LogP contribution is -2.20. The number of nitrogens with zero attached hydrogens (tertiary/aromatic N) is 1. The number of hydrogen-bond donors (Lipinski definition) is 0. The zero-order valence-corrected chi connectivity index (χ0v) is 19.4. The first kappa shape index (κ1) is 22.3. The van der Waals surface area contributed by atoms with Crippen LogP contribution in [0.3, 0.4) is 0 Å². The highest BCUT2D eigenvalue weighted by atomic mass is 16.5. The SMILES string of the molecule is COc1cc2nccc(Oc3ccc(CC(=O)C4=Cc5ccccc5CC4=O)cc3)c2cc1OC. The fourth-order valence-corrected chi connectivity index (χ4v) is 4.20. The molecule has 0 atom stereocenters. The third-order valence-electron chi connectivity index (χ3n) is 6.03. The second kappa shape index (κ2) is 9.43. The van der Waals surface area contributed by atoms with E-state index >= 15 is 0 Å². The molecule has 35 heavy (non-hydrogen) atoms. The summed E-state index contributed by atoms with van der Waals surface area (Å²) < 4.78 is 16.9. The molecular weight excluding hydrogens is 442 g/mol. The molecule has 1 aliphatic carbocycles. The van der Waals surface area contributed by atoms with Gasteiger partial charge in [0.15, 0.2) is 23.1 Å². The number of ketones is 2. The van der Waals surface area contributed by atoms with Crippen molar-refractivity contribution in [3.63, 3.8) is 0 Å². The number of Topliss-reactive ketones (excluding diaryl/α,β-unsaturated/α-hetero) is 2. The highest BCUT2D eigenvalue weighted by molar-refractivity contribution is 6.25. The fraction of sp³-hybridized carbons (Fsp3) is 0.138. The van der Waals surface area contributed by atoms with Gasteiger partial charge in [-0.05, 0) is 47.0 Å². The summed E-state index contributed by atoms with van der Waals surface area (Å²) in [7, 11) is 3.16. The third kappa shape index (κ3) is 4.51. The van der Waals surface area contributed by atoms with Crippen molar-refractivity contribution in [2.45, 2.75) is 12.8 Å². The van der Waals surface area contributed by atoms with Crippen molar-refractivity contribution in [1.82, 2.24) is 4.98 Å². The lowest BCUT2D eigenvalue weighted by atomic mass is 9.88. The Morgan fingerprint density at radius 2 is 1.66 bits per heavy atom. The molecule has 0 spiro atoms. The van der Waals surface area contributed by atoms with Gasteiger partial charge in [0.2, 0.25) is 0 Å². The maximum absolute atomic E-state index is 12.9. The first-order valence-corrected chi connectivity index (χ1v) is 11.2. The van der Waals surface area contributed by atoms with Crippen molar-refractivity contribution in [1.29, 1.82) is 0 Å². The Balaban J connectivity index is 1.34. The first-order valence-electron chi connectivity index (χ1n) is 11.2. The Morgan fingerprint density at radius 3 is 2.43 bits per heavy atom. The molecule has 1 aliphatic rings. The molecule has 0 saturated carbocycles. The maximum Gasteiger partial charge on any atom is 0.170 e. The van der Waals surface area contributed by atoms with Crippen molar-refractivity contribution in [2.24, 2.45) is 0 Å². The van der Waals surface area contributed by atoms with Gasteiger partial charge in [0, 0.05) is 30.5 Å². The van der Waals surface area contributed by atoms with Crippen LogP contribution in [-0.2, 0) is 22.4 Å². The van der Waals surface area contributed by atoms with Crippen molar-refractivity contribution in [3.05, 3.63) is 95.2 Å². The van der Waals surface area contributed by atoms with Gasteiger partial charge in [-0.15, -0.1) is 0 Å². The van der Waals surface area contributed by atoms with Gasteiger partial charge in [-0.3, -0.25) is 14.6 Å². The summed E-state index contributed by atoms with van der Waals surface area (Å²) in [5.74, 6) is 2.10. The standard InChI is InChI=1S/C29H23NO5/c1-33-28-16-22-24(17-29(28)34-2)30-12-11-27(22)35-21-9-7-18(8-10-21)13-25(31)23-14-19-5-3-4-6-20(19)15-26(23)32/h3-12,14,16-17H,13,15H2,1-2H3. The topological polar surface area (TPSA) is 74.7 Å². The molecule has 1 aromatic heterocycles. The van der Waals surface area contributed by atoms with Crippen LogP contribution in [-0.4, -0.2) is 30.8 Å². The summed E-state index contributed by atoms with van der Waals surface area (Å²) in [5.41, 5.74) is 3.67. The lowest BCUT2D eigenvalue weighted by Gasteiger charge is -2.15. The number of carbonyl (C=O) groups is 2. The minimum atomic E-state index is -0.181. The quantitative estimate of drug-likeness (QED) is 0.342. The van der Waals surface area contributed by atoms with Crippen LogP contribution in [0.5, 0.6) is 23.0 Å². The summed E-state index contributed by atoms with van der Waals surface area (Å²) in [6.07, 6.45) is 3.79. The molecule has 6 heteroatoms. The van der Waals surface area contributed by atoms with Crippen LogP contribution in [0.1, 0.15) is 16.7 Å². The van der Waals surface area contributed by atoms with E-state index in [1.165, 1.54) is 0 Å². The Bertz CT molecular complexity index is 1470. The number of benzene rings is 3. The monoisotopic (exact) mass is 465 g/mol. The van der Waals surface area contributed by atoms with Crippen molar-refractivity contribution in [3.8, 4) is 23.0 Å². The fourth-order valence-electron chi connectivity index (χ4n) is 4.20. The lowest BCUT2D eigenvalue weighted by molar-refractivity contribution is -0.120.